The lowest BCUT2D eigenvalue weighted by molar-refractivity contribution is 0.844. The van der Waals surface area contributed by atoms with Crippen LogP contribution in [0.2, 0.25) is 0 Å². The lowest BCUT2D eigenvalue weighted by Crippen LogP contribution is -2.26. The first-order valence-corrected chi connectivity index (χ1v) is 9.12. The Bertz CT molecular complexity index is 866. The van der Waals surface area contributed by atoms with Crippen molar-refractivity contribution in [3.8, 4) is 0 Å². The smallest absolute Gasteiger partial charge is 0.0447 e. The molecule has 2 heteroatoms. The first-order valence-electron chi connectivity index (χ1n) is 9.12. The predicted octanol–water partition coefficient (Wildman–Crippen LogP) is 5.77. The second kappa shape index (κ2) is 6.64. The molecule has 0 spiro atoms. The molecule has 0 radical (unpaired) electrons. The first-order chi connectivity index (χ1) is 12.3. The van der Waals surface area contributed by atoms with E-state index in [9.17, 15) is 0 Å². The summed E-state index contributed by atoms with van der Waals surface area (Å²) in [7, 11) is 0. The Kier molecular flexibility index (Phi) is 4.19. The zero-order valence-electron chi connectivity index (χ0n) is 14.9. The molecule has 25 heavy (non-hydrogen) atoms. The molecule has 0 amide bonds. The highest BCUT2D eigenvalue weighted by Crippen LogP contribution is 2.48. The fraction of sp³-hybridized carbons (Fsp3) is 0.217. The minimum absolute atomic E-state index is 0.255. The van der Waals surface area contributed by atoms with E-state index >= 15 is 0 Å². The summed E-state index contributed by atoms with van der Waals surface area (Å²) in [5.41, 5.74) is 7.84. The molecule has 1 aliphatic rings. The molecule has 3 aromatic carbocycles. The van der Waals surface area contributed by atoms with Gasteiger partial charge in [-0.05, 0) is 43.2 Å². The van der Waals surface area contributed by atoms with Gasteiger partial charge in [-0.2, -0.15) is 0 Å². The van der Waals surface area contributed by atoms with Crippen LogP contribution in [0.25, 0.3) is 0 Å². The van der Waals surface area contributed by atoms with Gasteiger partial charge >= 0.3 is 0 Å². The summed E-state index contributed by atoms with van der Waals surface area (Å²) in [6.45, 7) is 6.47. The van der Waals surface area contributed by atoms with E-state index in [1.54, 1.807) is 0 Å². The summed E-state index contributed by atoms with van der Waals surface area (Å²) < 4.78 is 0. The highest BCUT2D eigenvalue weighted by Gasteiger charge is 2.29. The number of benzene rings is 3. The monoisotopic (exact) mass is 328 g/mol. The first kappa shape index (κ1) is 15.8. The Morgan fingerprint density at radius 2 is 1.44 bits per heavy atom. The van der Waals surface area contributed by atoms with E-state index in [0.717, 1.165) is 13.1 Å². The van der Waals surface area contributed by atoms with Crippen molar-refractivity contribution in [3.05, 3.63) is 89.5 Å². The number of para-hydroxylation sites is 1. The number of hydrogen-bond acceptors (Lipinski definition) is 2. The van der Waals surface area contributed by atoms with Crippen molar-refractivity contribution in [3.63, 3.8) is 0 Å². The largest absolute Gasteiger partial charge is 0.372 e. The van der Waals surface area contributed by atoms with Crippen LogP contribution in [-0.2, 0) is 0 Å². The van der Waals surface area contributed by atoms with Gasteiger partial charge in [0, 0.05) is 41.6 Å². The Labute approximate surface area is 150 Å². The number of nitrogens with one attached hydrogen (secondary N) is 1. The average Bonchev–Trinajstić information content (AvgIpc) is 2.68. The van der Waals surface area contributed by atoms with Crippen molar-refractivity contribution < 1.29 is 0 Å². The zero-order valence-corrected chi connectivity index (χ0v) is 14.9. The zero-order chi connectivity index (χ0) is 17.2. The third-order valence-corrected chi connectivity index (χ3v) is 5.15. The van der Waals surface area contributed by atoms with Crippen LogP contribution in [0.5, 0.6) is 0 Å². The van der Waals surface area contributed by atoms with Gasteiger partial charge in [0.15, 0.2) is 0 Å². The quantitative estimate of drug-likeness (QED) is 0.511. The van der Waals surface area contributed by atoms with E-state index in [1.165, 1.54) is 33.8 Å². The van der Waals surface area contributed by atoms with Gasteiger partial charge in [0.1, 0.15) is 0 Å². The molecular formula is C23H24N2. The van der Waals surface area contributed by atoms with Crippen LogP contribution >= 0.6 is 0 Å². The van der Waals surface area contributed by atoms with Crippen LogP contribution in [0.1, 0.15) is 36.5 Å². The molecule has 0 fully saturated rings. The van der Waals surface area contributed by atoms with Gasteiger partial charge in [-0.25, -0.2) is 0 Å². The SMILES string of the molecule is CCN(CC)c1cccc2c1C(c1ccccc1)c1ccccc1N2. The molecule has 0 aliphatic carbocycles. The van der Waals surface area contributed by atoms with Crippen LogP contribution in [0.15, 0.2) is 72.8 Å². The maximum atomic E-state index is 3.66. The Hall–Kier alpha value is -2.74. The fourth-order valence-electron chi connectivity index (χ4n) is 3.96. The summed E-state index contributed by atoms with van der Waals surface area (Å²) in [5.74, 6) is 0.255. The summed E-state index contributed by atoms with van der Waals surface area (Å²) in [4.78, 5) is 2.45. The van der Waals surface area contributed by atoms with Gasteiger partial charge in [-0.3, -0.25) is 0 Å². The third-order valence-electron chi connectivity index (χ3n) is 5.15. The minimum atomic E-state index is 0.255. The number of nitrogens with zero attached hydrogens (tertiary/aromatic N) is 1. The van der Waals surface area contributed by atoms with Crippen LogP contribution < -0.4 is 10.2 Å². The molecule has 1 N–H and O–H groups in total. The van der Waals surface area contributed by atoms with Gasteiger partial charge in [0.25, 0.3) is 0 Å². The minimum Gasteiger partial charge on any atom is -0.372 e. The summed E-state index contributed by atoms with van der Waals surface area (Å²) in [6.07, 6.45) is 0. The number of fused-ring (bicyclic) bond motifs is 2. The van der Waals surface area contributed by atoms with Crippen molar-refractivity contribution in [2.45, 2.75) is 19.8 Å². The maximum absolute atomic E-state index is 3.66. The van der Waals surface area contributed by atoms with Crippen molar-refractivity contribution in [1.82, 2.24) is 0 Å². The van der Waals surface area contributed by atoms with Crippen LogP contribution in [0.3, 0.4) is 0 Å². The second-order valence-electron chi connectivity index (χ2n) is 6.47. The van der Waals surface area contributed by atoms with E-state index in [0.29, 0.717) is 0 Å². The molecule has 0 saturated carbocycles. The van der Waals surface area contributed by atoms with Crippen LogP contribution in [0, 0.1) is 0 Å². The Morgan fingerprint density at radius 3 is 2.20 bits per heavy atom. The lowest BCUT2D eigenvalue weighted by atomic mass is 9.80. The van der Waals surface area contributed by atoms with E-state index in [4.69, 9.17) is 0 Å². The van der Waals surface area contributed by atoms with E-state index in [1.807, 2.05) is 0 Å². The molecule has 1 unspecified atom stereocenters. The van der Waals surface area contributed by atoms with Crippen molar-refractivity contribution in [1.29, 1.82) is 0 Å². The Balaban J connectivity index is 1.98. The standard InChI is InChI=1S/C23H24N2/c1-3-25(4-2)21-16-10-15-20-23(21)22(17-11-6-5-7-12-17)18-13-8-9-14-19(18)24-20/h5-16,22,24H,3-4H2,1-2H3. The summed E-state index contributed by atoms with van der Waals surface area (Å²) >= 11 is 0. The average molecular weight is 328 g/mol. The number of hydrogen-bond donors (Lipinski definition) is 1. The Morgan fingerprint density at radius 1 is 0.760 bits per heavy atom. The molecule has 4 rings (SSSR count). The molecule has 0 bridgehead atoms. The van der Waals surface area contributed by atoms with Gasteiger partial charge in [-0.15, -0.1) is 0 Å². The van der Waals surface area contributed by atoms with Gasteiger partial charge in [-0.1, -0.05) is 54.6 Å². The second-order valence-corrected chi connectivity index (χ2v) is 6.47. The summed E-state index contributed by atoms with van der Waals surface area (Å²) in [6, 6.07) is 26.2. The lowest BCUT2D eigenvalue weighted by Gasteiger charge is -2.35. The van der Waals surface area contributed by atoms with Crippen LogP contribution in [0.4, 0.5) is 17.1 Å². The predicted molar refractivity (Wildman–Crippen MR) is 107 cm³/mol. The van der Waals surface area contributed by atoms with Crippen molar-refractivity contribution in [2.75, 3.05) is 23.3 Å². The molecule has 0 saturated heterocycles. The molecule has 1 atom stereocenters. The van der Waals surface area contributed by atoms with Crippen molar-refractivity contribution >= 4 is 17.1 Å². The number of anilines is 3. The van der Waals surface area contributed by atoms with Crippen LogP contribution in [-0.4, -0.2) is 13.1 Å². The van der Waals surface area contributed by atoms with Crippen molar-refractivity contribution in [2.24, 2.45) is 0 Å². The molecule has 1 heterocycles. The molecule has 2 nitrogen and oxygen atoms in total. The third kappa shape index (κ3) is 2.68. The normalized spacial score (nSPS) is 15.0. The molecule has 3 aromatic rings. The molecule has 0 aromatic heterocycles. The summed E-state index contributed by atoms with van der Waals surface area (Å²) in [5, 5.41) is 3.66. The highest BCUT2D eigenvalue weighted by atomic mass is 15.1. The topological polar surface area (TPSA) is 15.3 Å². The molecule has 126 valence electrons. The maximum Gasteiger partial charge on any atom is 0.0447 e. The molecular weight excluding hydrogens is 304 g/mol. The molecule has 1 aliphatic heterocycles. The van der Waals surface area contributed by atoms with E-state index in [2.05, 4.69) is 96.9 Å². The van der Waals surface area contributed by atoms with E-state index in [-0.39, 0.29) is 5.92 Å². The van der Waals surface area contributed by atoms with Gasteiger partial charge in [0.05, 0.1) is 0 Å². The fourth-order valence-corrected chi connectivity index (χ4v) is 3.96. The highest BCUT2D eigenvalue weighted by molar-refractivity contribution is 5.81. The van der Waals surface area contributed by atoms with Gasteiger partial charge in [0.2, 0.25) is 0 Å². The van der Waals surface area contributed by atoms with E-state index < -0.39 is 0 Å². The van der Waals surface area contributed by atoms with Gasteiger partial charge < -0.3 is 10.2 Å². The number of rotatable bonds is 4.